The van der Waals surface area contributed by atoms with Crippen LogP contribution in [0.3, 0.4) is 0 Å². The predicted molar refractivity (Wildman–Crippen MR) is 68.3 cm³/mol. The van der Waals surface area contributed by atoms with E-state index in [-0.39, 0.29) is 5.97 Å². The Balaban J connectivity index is 3.12. The quantitative estimate of drug-likeness (QED) is 0.336. The summed E-state index contributed by atoms with van der Waals surface area (Å²) < 4.78 is 4.85. The second-order valence-corrected chi connectivity index (χ2v) is 3.81. The molecule has 0 rings (SSSR count). The summed E-state index contributed by atoms with van der Waals surface area (Å²) in [6.45, 7) is 4.16. The van der Waals surface area contributed by atoms with Gasteiger partial charge in [-0.3, -0.25) is 4.79 Å². The van der Waals surface area contributed by atoms with Crippen molar-refractivity contribution in [3.8, 4) is 0 Å². The molecular weight excluding hydrogens is 200 g/mol. The summed E-state index contributed by atoms with van der Waals surface area (Å²) in [7, 11) is 0. The van der Waals surface area contributed by atoms with Crippen molar-refractivity contribution < 1.29 is 9.53 Å². The summed E-state index contributed by atoms with van der Waals surface area (Å²) in [5.41, 5.74) is 0. The normalized spacial score (nSPS) is 11.4. The van der Waals surface area contributed by atoms with E-state index in [0.717, 1.165) is 25.7 Å². The summed E-state index contributed by atoms with van der Waals surface area (Å²) >= 11 is 0. The van der Waals surface area contributed by atoms with Gasteiger partial charge < -0.3 is 4.74 Å². The van der Waals surface area contributed by atoms with Gasteiger partial charge in [0.25, 0.3) is 0 Å². The molecule has 0 amide bonds. The van der Waals surface area contributed by atoms with Crippen molar-refractivity contribution in [1.82, 2.24) is 0 Å². The number of allylic oxidation sites excluding steroid dienone is 4. The van der Waals surface area contributed by atoms with Gasteiger partial charge in [0.15, 0.2) is 0 Å². The molecule has 0 aliphatic carbocycles. The minimum Gasteiger partial charge on any atom is -0.466 e. The van der Waals surface area contributed by atoms with E-state index in [4.69, 9.17) is 4.74 Å². The number of ether oxygens (including phenoxy) is 1. The lowest BCUT2D eigenvalue weighted by Crippen LogP contribution is -1.99. The van der Waals surface area contributed by atoms with Crippen LogP contribution in [0.25, 0.3) is 0 Å². The molecule has 0 aromatic rings. The first-order valence-corrected chi connectivity index (χ1v) is 6.22. The van der Waals surface area contributed by atoms with Crippen LogP contribution in [-0.2, 0) is 9.53 Å². The maximum absolute atomic E-state index is 10.5. The van der Waals surface area contributed by atoms with Gasteiger partial charge >= 0.3 is 5.97 Å². The number of unbranched alkanes of at least 4 members (excludes halogenated alkanes) is 4. The van der Waals surface area contributed by atoms with Crippen LogP contribution >= 0.6 is 0 Å². The molecule has 0 aliphatic heterocycles. The molecule has 0 bridgehead atoms. The topological polar surface area (TPSA) is 26.3 Å². The molecule has 92 valence electrons. The highest BCUT2D eigenvalue weighted by Gasteiger charge is 1.92. The predicted octanol–water partition coefficient (Wildman–Crippen LogP) is 4.02. The van der Waals surface area contributed by atoms with E-state index in [1.807, 2.05) is 0 Å². The maximum atomic E-state index is 10.5. The number of carbonyl (C=O) groups is 1. The van der Waals surface area contributed by atoms with Gasteiger partial charge in [-0.1, -0.05) is 44.1 Å². The Morgan fingerprint density at radius 3 is 2.44 bits per heavy atom. The zero-order chi connectivity index (χ0) is 12.1. The van der Waals surface area contributed by atoms with E-state index in [1.54, 1.807) is 0 Å². The molecule has 0 unspecified atom stereocenters. The SMILES string of the molecule is CC/C=C/C=CCCCCCCOC(C)=O. The summed E-state index contributed by atoms with van der Waals surface area (Å²) in [5.74, 6) is -0.175. The third-order valence-electron chi connectivity index (χ3n) is 2.19. The average Bonchev–Trinajstić information content (AvgIpc) is 2.25. The van der Waals surface area contributed by atoms with Gasteiger partial charge in [0.05, 0.1) is 6.61 Å². The van der Waals surface area contributed by atoms with Gasteiger partial charge in [-0.25, -0.2) is 0 Å². The van der Waals surface area contributed by atoms with Crippen LogP contribution < -0.4 is 0 Å². The molecule has 0 radical (unpaired) electrons. The molecule has 0 aromatic heterocycles. The van der Waals surface area contributed by atoms with Crippen LogP contribution in [-0.4, -0.2) is 12.6 Å². The molecule has 0 saturated heterocycles. The number of hydrogen-bond acceptors (Lipinski definition) is 2. The highest BCUT2D eigenvalue weighted by Crippen LogP contribution is 2.04. The zero-order valence-corrected chi connectivity index (χ0v) is 10.6. The van der Waals surface area contributed by atoms with E-state index >= 15 is 0 Å². The first-order valence-electron chi connectivity index (χ1n) is 6.22. The lowest BCUT2D eigenvalue weighted by Gasteiger charge is -2.00. The van der Waals surface area contributed by atoms with Crippen LogP contribution in [0, 0.1) is 0 Å². The van der Waals surface area contributed by atoms with Crippen molar-refractivity contribution in [1.29, 1.82) is 0 Å². The first-order chi connectivity index (χ1) is 7.77. The van der Waals surface area contributed by atoms with Crippen molar-refractivity contribution in [3.05, 3.63) is 24.3 Å². The fourth-order valence-corrected chi connectivity index (χ4v) is 1.32. The van der Waals surface area contributed by atoms with Gasteiger partial charge in [0.1, 0.15) is 0 Å². The van der Waals surface area contributed by atoms with Gasteiger partial charge in [0, 0.05) is 6.92 Å². The van der Waals surface area contributed by atoms with Gasteiger partial charge in [-0.2, -0.15) is 0 Å². The monoisotopic (exact) mass is 224 g/mol. The maximum Gasteiger partial charge on any atom is 0.302 e. The van der Waals surface area contributed by atoms with Crippen molar-refractivity contribution in [3.63, 3.8) is 0 Å². The lowest BCUT2D eigenvalue weighted by atomic mass is 10.1. The molecule has 0 heterocycles. The fraction of sp³-hybridized carbons (Fsp3) is 0.643. The molecular formula is C14H24O2. The highest BCUT2D eigenvalue weighted by atomic mass is 16.5. The van der Waals surface area contributed by atoms with Crippen LogP contribution in [0.1, 0.15) is 52.4 Å². The Labute approximate surface area is 99.4 Å². The molecule has 0 fully saturated rings. The Kier molecular flexibility index (Phi) is 11.2. The lowest BCUT2D eigenvalue weighted by molar-refractivity contribution is -0.141. The molecule has 0 saturated carbocycles. The second kappa shape index (κ2) is 12.0. The second-order valence-electron chi connectivity index (χ2n) is 3.81. The fourth-order valence-electron chi connectivity index (χ4n) is 1.32. The number of rotatable bonds is 9. The van der Waals surface area contributed by atoms with Gasteiger partial charge in [0.2, 0.25) is 0 Å². The summed E-state index contributed by atoms with van der Waals surface area (Å²) in [5, 5.41) is 0. The molecule has 0 N–H and O–H groups in total. The molecule has 0 spiro atoms. The molecule has 0 atom stereocenters. The van der Waals surface area contributed by atoms with Crippen molar-refractivity contribution in [2.24, 2.45) is 0 Å². The van der Waals surface area contributed by atoms with Crippen molar-refractivity contribution in [2.45, 2.75) is 52.4 Å². The van der Waals surface area contributed by atoms with Gasteiger partial charge in [-0.05, 0) is 25.7 Å². The zero-order valence-electron chi connectivity index (χ0n) is 10.6. The van der Waals surface area contributed by atoms with E-state index in [9.17, 15) is 4.79 Å². The first kappa shape index (κ1) is 14.9. The minimum atomic E-state index is -0.175. The molecule has 2 heteroatoms. The van der Waals surface area contributed by atoms with Crippen molar-refractivity contribution in [2.75, 3.05) is 6.61 Å². The summed E-state index contributed by atoms with van der Waals surface area (Å²) in [6, 6.07) is 0. The Morgan fingerprint density at radius 2 is 1.75 bits per heavy atom. The van der Waals surface area contributed by atoms with E-state index in [1.165, 1.54) is 19.8 Å². The van der Waals surface area contributed by atoms with Gasteiger partial charge in [-0.15, -0.1) is 0 Å². The average molecular weight is 224 g/mol. The molecule has 0 aliphatic rings. The van der Waals surface area contributed by atoms with Crippen LogP contribution in [0.5, 0.6) is 0 Å². The summed E-state index contributed by atoms with van der Waals surface area (Å²) in [6.07, 6.45) is 15.4. The largest absolute Gasteiger partial charge is 0.466 e. The molecule has 16 heavy (non-hydrogen) atoms. The van der Waals surface area contributed by atoms with E-state index < -0.39 is 0 Å². The third-order valence-corrected chi connectivity index (χ3v) is 2.19. The number of esters is 1. The highest BCUT2D eigenvalue weighted by molar-refractivity contribution is 5.65. The Morgan fingerprint density at radius 1 is 1.06 bits per heavy atom. The molecule has 0 aromatic carbocycles. The number of carbonyl (C=O) groups excluding carboxylic acids is 1. The summed E-state index contributed by atoms with van der Waals surface area (Å²) in [4.78, 5) is 10.5. The standard InChI is InChI=1S/C14H24O2/c1-3-4-5-6-7-8-9-10-11-12-13-16-14(2)15/h4-7H,3,8-13H2,1-2H3/b5-4+,7-6?. The van der Waals surface area contributed by atoms with Crippen LogP contribution in [0.2, 0.25) is 0 Å². The third kappa shape index (κ3) is 12.9. The van der Waals surface area contributed by atoms with E-state index in [0.29, 0.717) is 6.61 Å². The minimum absolute atomic E-state index is 0.175. The number of hydrogen-bond donors (Lipinski definition) is 0. The van der Waals surface area contributed by atoms with Crippen LogP contribution in [0.4, 0.5) is 0 Å². The molecule has 2 nitrogen and oxygen atoms in total. The van der Waals surface area contributed by atoms with Crippen LogP contribution in [0.15, 0.2) is 24.3 Å². The van der Waals surface area contributed by atoms with E-state index in [2.05, 4.69) is 31.2 Å². The Bertz CT molecular complexity index is 217. The Hall–Kier alpha value is -1.05. The van der Waals surface area contributed by atoms with Crippen molar-refractivity contribution >= 4 is 5.97 Å². The smallest absolute Gasteiger partial charge is 0.302 e.